The predicted molar refractivity (Wildman–Crippen MR) is 263 cm³/mol. The highest BCUT2D eigenvalue weighted by Crippen LogP contribution is 2.26. The highest BCUT2D eigenvalue weighted by atomic mass is 16.6. The van der Waals surface area contributed by atoms with Crippen molar-refractivity contribution < 1.29 is 48.0 Å². The number of fused-ring (bicyclic) bond motifs is 2. The van der Waals surface area contributed by atoms with E-state index in [1.165, 1.54) is 0 Å². The summed E-state index contributed by atoms with van der Waals surface area (Å²) in [7, 11) is -1.74. The number of carbonyl (C=O) groups is 3. The lowest BCUT2D eigenvalue weighted by Crippen LogP contribution is -2.41. The summed E-state index contributed by atoms with van der Waals surface area (Å²) in [5.74, 6) is 1.37. The molecule has 6 aromatic carbocycles. The number of esters is 1. The summed E-state index contributed by atoms with van der Waals surface area (Å²) in [6.45, 7) is 6.89. The number of rotatable bonds is 16. The second-order valence-corrected chi connectivity index (χ2v) is 17.4. The summed E-state index contributed by atoms with van der Waals surface area (Å²) in [5, 5.41) is 25.3. The Kier molecular flexibility index (Phi) is 17.7. The Balaban J connectivity index is 0.000000225. The van der Waals surface area contributed by atoms with Gasteiger partial charge in [-0.3, -0.25) is 14.4 Å². The van der Waals surface area contributed by atoms with Crippen LogP contribution in [-0.2, 0) is 67.6 Å². The standard InChI is InChI=1S/C29H32BNO6.C23H23BN2O4.CH4/c1-29(2,3)37-27(32)17-22(15-20-7-5-4-6-8-20)28(33)31-18-21-9-11-24(12-10-21)36-25-13-14-26-23(16-25)19-35-30(26)34;25-22(12-16-4-2-1-3-5-16)23(27)26-14-17-6-8-19(9-7-17)30-20-10-11-21-18(13-20)15-29-24(21)28;/h4-14,16,22,34H,15,17-19H2,1-3H3,(H,31,33);1-11,13,22,28H,12,14-15,25H2,(H,26,27);1H4. The van der Waals surface area contributed by atoms with Crippen LogP contribution in [0.1, 0.15) is 68.0 Å². The van der Waals surface area contributed by atoms with Gasteiger partial charge in [-0.15, -0.1) is 0 Å². The maximum atomic E-state index is 13.1. The molecule has 2 amide bonds. The maximum Gasteiger partial charge on any atom is 0.491 e. The van der Waals surface area contributed by atoms with Gasteiger partial charge in [-0.05, 0) is 126 Å². The van der Waals surface area contributed by atoms with Crippen LogP contribution in [0.4, 0.5) is 0 Å². The van der Waals surface area contributed by atoms with Gasteiger partial charge >= 0.3 is 20.2 Å². The van der Waals surface area contributed by atoms with Gasteiger partial charge in [0.25, 0.3) is 0 Å². The number of amides is 2. The highest BCUT2D eigenvalue weighted by Gasteiger charge is 2.29. The van der Waals surface area contributed by atoms with Gasteiger partial charge in [0.2, 0.25) is 11.8 Å². The lowest BCUT2D eigenvalue weighted by atomic mass is 9.80. The van der Waals surface area contributed by atoms with Gasteiger partial charge in [0, 0.05) is 13.1 Å². The normalized spacial score (nSPS) is 13.4. The van der Waals surface area contributed by atoms with Crippen molar-refractivity contribution in [3.05, 3.63) is 179 Å². The zero-order valence-corrected chi connectivity index (χ0v) is 37.9. The first-order chi connectivity index (χ1) is 32.2. The van der Waals surface area contributed by atoms with Crippen LogP contribution < -0.4 is 36.8 Å². The average molecular weight is 920 g/mol. The Morgan fingerprint density at radius 2 is 1.03 bits per heavy atom. The number of nitrogens with one attached hydrogen (secondary N) is 2. The summed E-state index contributed by atoms with van der Waals surface area (Å²) in [6.07, 6.45) is 0.956. The van der Waals surface area contributed by atoms with Crippen molar-refractivity contribution in [3.8, 4) is 23.0 Å². The molecule has 8 rings (SSSR count). The highest BCUT2D eigenvalue weighted by molar-refractivity contribution is 6.62. The molecule has 0 saturated carbocycles. The molecule has 2 aliphatic rings. The van der Waals surface area contributed by atoms with E-state index in [1.54, 1.807) is 18.2 Å². The molecule has 0 radical (unpaired) electrons. The van der Waals surface area contributed by atoms with Crippen LogP contribution in [-0.4, -0.2) is 53.7 Å². The molecule has 68 heavy (non-hydrogen) atoms. The minimum absolute atomic E-state index is 0. The summed E-state index contributed by atoms with van der Waals surface area (Å²) in [4.78, 5) is 37.8. The van der Waals surface area contributed by atoms with Crippen LogP contribution in [0, 0.1) is 5.92 Å². The molecule has 6 N–H and O–H groups in total. The fourth-order valence-electron chi connectivity index (χ4n) is 7.52. The Morgan fingerprint density at radius 1 is 0.603 bits per heavy atom. The minimum Gasteiger partial charge on any atom is -0.460 e. The first-order valence-corrected chi connectivity index (χ1v) is 22.2. The molecular weight excluding hydrogens is 860 g/mol. The van der Waals surface area contributed by atoms with Crippen molar-refractivity contribution in [2.75, 3.05) is 0 Å². The fourth-order valence-corrected chi connectivity index (χ4v) is 7.52. The molecule has 0 bridgehead atoms. The van der Waals surface area contributed by atoms with E-state index in [-0.39, 0.29) is 25.7 Å². The van der Waals surface area contributed by atoms with Crippen molar-refractivity contribution in [3.63, 3.8) is 0 Å². The first-order valence-electron chi connectivity index (χ1n) is 22.2. The van der Waals surface area contributed by atoms with Crippen molar-refractivity contribution in [1.29, 1.82) is 0 Å². The van der Waals surface area contributed by atoms with Gasteiger partial charge < -0.3 is 49.9 Å². The van der Waals surface area contributed by atoms with Gasteiger partial charge in [-0.25, -0.2) is 0 Å². The minimum atomic E-state index is -0.880. The van der Waals surface area contributed by atoms with Gasteiger partial charge in [0.05, 0.1) is 31.6 Å². The molecule has 0 saturated heterocycles. The second kappa shape index (κ2) is 23.8. The van der Waals surface area contributed by atoms with Crippen LogP contribution in [0.3, 0.4) is 0 Å². The number of carbonyl (C=O) groups excluding carboxylic acids is 3. The number of hydrogen-bond donors (Lipinski definition) is 5. The number of nitrogens with two attached hydrogens (primary N) is 1. The second-order valence-electron chi connectivity index (χ2n) is 17.4. The van der Waals surface area contributed by atoms with Crippen molar-refractivity contribution >= 4 is 42.9 Å². The van der Waals surface area contributed by atoms with E-state index >= 15 is 0 Å². The molecule has 2 aliphatic heterocycles. The zero-order chi connectivity index (χ0) is 47.3. The zero-order valence-electron chi connectivity index (χ0n) is 37.9. The number of benzene rings is 6. The van der Waals surface area contributed by atoms with Crippen LogP contribution in [0.5, 0.6) is 23.0 Å². The van der Waals surface area contributed by atoms with Crippen molar-refractivity contribution in [1.82, 2.24) is 10.6 Å². The van der Waals surface area contributed by atoms with Crippen LogP contribution in [0.2, 0.25) is 0 Å². The summed E-state index contributed by atoms with van der Waals surface area (Å²) in [6, 6.07) is 44.7. The van der Waals surface area contributed by atoms with E-state index in [2.05, 4.69) is 10.6 Å². The molecule has 2 unspecified atom stereocenters. The van der Waals surface area contributed by atoms with Gasteiger partial charge in [0.15, 0.2) is 0 Å². The van der Waals surface area contributed by atoms with Crippen molar-refractivity contribution in [2.45, 2.75) is 85.4 Å². The Hall–Kier alpha value is -6.74. The Morgan fingerprint density at radius 3 is 1.49 bits per heavy atom. The molecule has 0 aromatic heterocycles. The third kappa shape index (κ3) is 14.9. The Bertz CT molecular complexity index is 2600. The summed E-state index contributed by atoms with van der Waals surface area (Å²) < 4.78 is 27.7. The monoisotopic (exact) mass is 919 g/mol. The van der Waals surface area contributed by atoms with E-state index in [9.17, 15) is 24.4 Å². The summed E-state index contributed by atoms with van der Waals surface area (Å²) in [5.41, 5.74) is 12.6. The first kappa shape index (κ1) is 50.7. The fraction of sp³-hybridized carbons (Fsp3) is 0.264. The van der Waals surface area contributed by atoms with Crippen LogP contribution >= 0.6 is 0 Å². The number of hydrogen-bond acceptors (Lipinski definition) is 11. The quantitative estimate of drug-likeness (QED) is 0.0533. The molecule has 0 spiro atoms. The topological polar surface area (TPSA) is 188 Å². The van der Waals surface area contributed by atoms with Crippen LogP contribution in [0.25, 0.3) is 0 Å². The van der Waals surface area contributed by atoms with E-state index < -0.39 is 37.8 Å². The molecule has 2 atom stereocenters. The lowest BCUT2D eigenvalue weighted by Gasteiger charge is -2.22. The smallest absolute Gasteiger partial charge is 0.460 e. The van der Waals surface area contributed by atoms with Gasteiger partial charge in [0.1, 0.15) is 28.6 Å². The molecule has 0 fully saturated rings. The van der Waals surface area contributed by atoms with E-state index in [4.69, 9.17) is 29.3 Å². The molecule has 2 heterocycles. The van der Waals surface area contributed by atoms with E-state index in [1.807, 2.05) is 148 Å². The largest absolute Gasteiger partial charge is 0.491 e. The predicted octanol–water partition coefficient (Wildman–Crippen LogP) is 6.42. The third-order valence-electron chi connectivity index (χ3n) is 11.0. The molecule has 0 aliphatic carbocycles. The number of ether oxygens (including phenoxy) is 3. The SMILES string of the molecule is C.CC(C)(C)OC(=O)CC(Cc1ccccc1)C(=O)NCc1ccc(Oc2ccc3c(c2)COB3O)cc1.NC(Cc1ccccc1)C(=O)NCc1ccc(Oc2ccc3c(c2)COB3O)cc1. The molecule has 352 valence electrons. The van der Waals surface area contributed by atoms with E-state index in [0.717, 1.165) is 44.3 Å². The van der Waals surface area contributed by atoms with Gasteiger partial charge in [-0.2, -0.15) is 0 Å². The van der Waals surface area contributed by atoms with Crippen LogP contribution in [0.15, 0.2) is 146 Å². The van der Waals surface area contributed by atoms with E-state index in [0.29, 0.717) is 62.1 Å². The lowest BCUT2D eigenvalue weighted by molar-refractivity contribution is -0.157. The van der Waals surface area contributed by atoms with Gasteiger partial charge in [-0.1, -0.05) is 104 Å². The molecular formula is C53H59B2N3O10. The van der Waals surface area contributed by atoms with Crippen molar-refractivity contribution in [2.24, 2.45) is 11.7 Å². The maximum absolute atomic E-state index is 13.1. The molecule has 15 heteroatoms. The third-order valence-corrected chi connectivity index (χ3v) is 11.0. The molecule has 13 nitrogen and oxygen atoms in total. The summed E-state index contributed by atoms with van der Waals surface area (Å²) >= 11 is 0. The average Bonchev–Trinajstić information content (AvgIpc) is 3.88. The molecule has 6 aromatic rings. The Labute approximate surface area is 399 Å².